The molecule has 3 fully saturated rings. The van der Waals surface area contributed by atoms with Gasteiger partial charge >= 0.3 is 0 Å². The molecule has 0 aromatic heterocycles. The van der Waals surface area contributed by atoms with E-state index in [0.717, 1.165) is 91.2 Å². The molecule has 2 aromatic rings. The summed E-state index contributed by atoms with van der Waals surface area (Å²) >= 11 is 18.9. The molecule has 5 rings (SSSR count). The summed E-state index contributed by atoms with van der Waals surface area (Å²) in [5.74, 6) is 0.601. The van der Waals surface area contributed by atoms with E-state index in [-0.39, 0.29) is 0 Å². The second-order valence-electron chi connectivity index (χ2n) is 10.9. The zero-order chi connectivity index (χ0) is 26.9. The molecule has 0 N–H and O–H groups in total. The van der Waals surface area contributed by atoms with Crippen LogP contribution in [-0.2, 0) is 5.75 Å². The van der Waals surface area contributed by atoms with Crippen molar-refractivity contribution in [3.8, 4) is 0 Å². The Morgan fingerprint density at radius 2 is 1.21 bits per heavy atom. The maximum absolute atomic E-state index is 11.8. The molecule has 0 aliphatic carbocycles. The number of piperazine rings is 3. The van der Waals surface area contributed by atoms with Crippen LogP contribution in [0, 0.1) is 0 Å². The first-order valence-corrected chi connectivity index (χ1v) is 15.9. The summed E-state index contributed by atoms with van der Waals surface area (Å²) in [5, 5.41) is 1.06. The van der Waals surface area contributed by atoms with Gasteiger partial charge in [-0.3, -0.25) is 9.59 Å². The highest BCUT2D eigenvalue weighted by Gasteiger charge is 2.45. The number of benzene rings is 2. The molecule has 38 heavy (non-hydrogen) atoms. The molecule has 3 aliphatic heterocycles. The quantitative estimate of drug-likeness (QED) is 0.226. The zero-order valence-corrected chi connectivity index (χ0v) is 25.1. The first-order valence-electron chi connectivity index (χ1n) is 13.3. The van der Waals surface area contributed by atoms with E-state index in [2.05, 4.69) is 34.6 Å². The van der Waals surface area contributed by atoms with Gasteiger partial charge in [0.15, 0.2) is 12.6 Å². The van der Waals surface area contributed by atoms with E-state index < -0.39 is 0 Å². The van der Waals surface area contributed by atoms with Crippen molar-refractivity contribution in [3.63, 3.8) is 0 Å². The SMILES string of the molecule is CSc1cc(Cl)c(C=O)c(N2CC[N+]3(CC2)CC[N+]2(CCN(c4cc(CS)cc(Cl)c4C=O)CC2)CC3)c1. The predicted molar refractivity (Wildman–Crippen MR) is 162 cm³/mol. The van der Waals surface area contributed by atoms with Crippen LogP contribution < -0.4 is 9.80 Å². The third-order valence-corrected chi connectivity index (χ3v) is 10.8. The number of hydrogen-bond acceptors (Lipinski definition) is 6. The van der Waals surface area contributed by atoms with Gasteiger partial charge in [-0.15, -0.1) is 11.8 Å². The topological polar surface area (TPSA) is 40.6 Å². The van der Waals surface area contributed by atoms with Crippen LogP contribution in [0.1, 0.15) is 26.3 Å². The highest BCUT2D eigenvalue weighted by Crippen LogP contribution is 2.35. The first kappa shape index (κ1) is 28.1. The van der Waals surface area contributed by atoms with Crippen LogP contribution in [0.15, 0.2) is 29.2 Å². The monoisotopic (exact) mass is 594 g/mol. The summed E-state index contributed by atoms with van der Waals surface area (Å²) in [5.41, 5.74) is 4.17. The van der Waals surface area contributed by atoms with Gasteiger partial charge in [-0.05, 0) is 36.1 Å². The summed E-state index contributed by atoms with van der Waals surface area (Å²) in [7, 11) is 0. The molecule has 0 unspecified atom stereocenters. The highest BCUT2D eigenvalue weighted by atomic mass is 35.5. The third-order valence-electron chi connectivity index (χ3n) is 9.06. The first-order chi connectivity index (χ1) is 18.3. The van der Waals surface area contributed by atoms with Crippen molar-refractivity contribution in [1.29, 1.82) is 0 Å². The molecule has 3 aliphatic rings. The van der Waals surface area contributed by atoms with Gasteiger partial charge in [0.05, 0.1) is 79.2 Å². The van der Waals surface area contributed by atoms with Crippen LogP contribution >= 0.6 is 47.6 Å². The smallest absolute Gasteiger partial charge is 0.153 e. The Bertz CT molecular complexity index is 1110. The van der Waals surface area contributed by atoms with Gasteiger partial charge in [-0.1, -0.05) is 23.2 Å². The lowest BCUT2D eigenvalue weighted by Crippen LogP contribution is -2.73. The van der Waals surface area contributed by atoms with E-state index in [1.807, 2.05) is 18.4 Å². The van der Waals surface area contributed by atoms with Crippen molar-refractivity contribution in [2.75, 3.05) is 94.6 Å². The third kappa shape index (κ3) is 5.45. The number of rotatable bonds is 6. The summed E-state index contributed by atoms with van der Waals surface area (Å²) in [6.45, 7) is 12.9. The van der Waals surface area contributed by atoms with Gasteiger partial charge in [0, 0.05) is 16.3 Å². The number of aldehydes is 2. The second-order valence-corrected chi connectivity index (χ2v) is 12.9. The molecular formula is C28H36Cl2N4O2S2+2. The average Bonchev–Trinajstić information content (AvgIpc) is 2.95. The van der Waals surface area contributed by atoms with E-state index in [9.17, 15) is 9.59 Å². The Balaban J connectivity index is 1.21. The summed E-state index contributed by atoms with van der Waals surface area (Å²) in [6, 6.07) is 7.92. The molecule has 0 saturated carbocycles. The maximum Gasteiger partial charge on any atom is 0.153 e. The number of thioether (sulfide) groups is 1. The van der Waals surface area contributed by atoms with Crippen LogP contribution in [0.2, 0.25) is 10.0 Å². The Morgan fingerprint density at radius 1 is 0.763 bits per heavy atom. The molecule has 2 spiro atoms. The molecular weight excluding hydrogens is 559 g/mol. The number of anilines is 2. The van der Waals surface area contributed by atoms with Crippen LogP contribution in [0.3, 0.4) is 0 Å². The minimum absolute atomic E-state index is 0.516. The Labute approximate surface area is 245 Å². The Morgan fingerprint density at radius 3 is 1.63 bits per heavy atom. The Kier molecular flexibility index (Phi) is 8.58. The summed E-state index contributed by atoms with van der Waals surface area (Å²) < 4.78 is 2.33. The molecule has 3 heterocycles. The molecule has 0 bridgehead atoms. The minimum atomic E-state index is 0.516. The van der Waals surface area contributed by atoms with Crippen LogP contribution in [-0.4, -0.2) is 106 Å². The van der Waals surface area contributed by atoms with E-state index in [4.69, 9.17) is 23.2 Å². The molecule has 6 nitrogen and oxygen atoms in total. The zero-order valence-electron chi connectivity index (χ0n) is 21.9. The summed E-state index contributed by atoms with van der Waals surface area (Å²) in [6.07, 6.45) is 3.82. The Hall–Kier alpha value is -1.42. The van der Waals surface area contributed by atoms with Gasteiger partial charge in [-0.2, -0.15) is 12.6 Å². The standard InChI is InChI=1S/C28H35Cl2N4O2S2/c1-38-22-16-26(30)24(19-36)28(17-22)32-4-8-34(9-5-32)12-10-33(11-13-34)6-2-31(3-7-33)27-15-21(20-37)14-25(29)23(27)18-35/h14-19H,2-13,20H2,1H3/q+1/p+1. The number of hydrogen-bond donors (Lipinski definition) is 1. The number of thiol groups is 1. The highest BCUT2D eigenvalue weighted by molar-refractivity contribution is 7.98. The minimum Gasteiger partial charge on any atom is -0.360 e. The van der Waals surface area contributed by atoms with Crippen molar-refractivity contribution >= 4 is 71.5 Å². The van der Waals surface area contributed by atoms with E-state index >= 15 is 0 Å². The van der Waals surface area contributed by atoms with E-state index in [1.165, 1.54) is 30.7 Å². The lowest BCUT2D eigenvalue weighted by atomic mass is 10.1. The molecule has 0 amide bonds. The van der Waals surface area contributed by atoms with Crippen molar-refractivity contribution < 1.29 is 18.6 Å². The van der Waals surface area contributed by atoms with Gasteiger partial charge in [-0.25, -0.2) is 0 Å². The van der Waals surface area contributed by atoms with E-state index in [1.54, 1.807) is 11.8 Å². The number of carbonyl (C=O) groups excluding carboxylic acids is 2. The van der Waals surface area contributed by atoms with Crippen molar-refractivity contribution in [1.82, 2.24) is 0 Å². The molecule has 0 atom stereocenters. The summed E-state index contributed by atoms with van der Waals surface area (Å²) in [4.78, 5) is 29.4. The van der Waals surface area contributed by atoms with Crippen molar-refractivity contribution in [2.45, 2.75) is 10.6 Å². The fourth-order valence-corrected chi connectivity index (χ4v) is 7.68. The normalized spacial score (nSPS) is 20.6. The number of nitrogens with zero attached hydrogens (tertiary/aromatic N) is 4. The fourth-order valence-electron chi connectivity index (χ4n) is 6.43. The number of halogens is 2. The van der Waals surface area contributed by atoms with Crippen LogP contribution in [0.25, 0.3) is 0 Å². The van der Waals surface area contributed by atoms with Crippen LogP contribution in [0.5, 0.6) is 0 Å². The van der Waals surface area contributed by atoms with Gasteiger partial charge in [0.2, 0.25) is 0 Å². The predicted octanol–water partition coefficient (Wildman–Crippen LogP) is 4.76. The number of carbonyl (C=O) groups is 2. The van der Waals surface area contributed by atoms with Crippen molar-refractivity contribution in [2.24, 2.45) is 0 Å². The van der Waals surface area contributed by atoms with Gasteiger partial charge in [0.1, 0.15) is 26.2 Å². The molecule has 2 aromatic carbocycles. The van der Waals surface area contributed by atoms with Gasteiger partial charge in [0.25, 0.3) is 0 Å². The maximum atomic E-state index is 11.8. The van der Waals surface area contributed by atoms with Crippen LogP contribution in [0.4, 0.5) is 11.4 Å². The lowest BCUT2D eigenvalue weighted by molar-refractivity contribution is -1.03. The second kappa shape index (κ2) is 11.6. The van der Waals surface area contributed by atoms with Crippen molar-refractivity contribution in [3.05, 3.63) is 51.0 Å². The molecule has 0 radical (unpaired) electrons. The molecule has 204 valence electrons. The number of quaternary nitrogens is 2. The lowest BCUT2D eigenvalue weighted by Gasteiger charge is -2.54. The van der Waals surface area contributed by atoms with Gasteiger partial charge < -0.3 is 18.8 Å². The molecule has 10 heteroatoms. The largest absolute Gasteiger partial charge is 0.360 e. The molecule has 3 saturated heterocycles. The average molecular weight is 596 g/mol. The van der Waals surface area contributed by atoms with E-state index in [0.29, 0.717) is 26.9 Å². The fraction of sp³-hybridized carbons (Fsp3) is 0.500.